The predicted molar refractivity (Wildman–Crippen MR) is 111 cm³/mol. The highest BCUT2D eigenvalue weighted by molar-refractivity contribution is 7.92. The van der Waals surface area contributed by atoms with Gasteiger partial charge >= 0.3 is 0 Å². The summed E-state index contributed by atoms with van der Waals surface area (Å²) in [6.07, 6.45) is 0.472. The van der Waals surface area contributed by atoms with Crippen molar-refractivity contribution in [1.29, 1.82) is 0 Å². The van der Waals surface area contributed by atoms with Crippen molar-refractivity contribution >= 4 is 32.6 Å². The largest absolute Gasteiger partial charge is 0.434 e. The smallest absolute Gasteiger partial charge is 0.268 e. The summed E-state index contributed by atoms with van der Waals surface area (Å²) in [5, 5.41) is 13.2. The van der Waals surface area contributed by atoms with Crippen LogP contribution in [0.25, 0.3) is 11.1 Å². The Kier molecular flexibility index (Phi) is 6.04. The molecule has 2 N–H and O–H groups in total. The molecular weight excluding hydrogens is 408 g/mol. The van der Waals surface area contributed by atoms with E-state index < -0.39 is 38.9 Å². The van der Waals surface area contributed by atoms with Crippen LogP contribution >= 0.6 is 0 Å². The van der Waals surface area contributed by atoms with E-state index in [1.54, 1.807) is 61.5 Å². The first-order valence-corrected chi connectivity index (χ1v) is 11.2. The molecule has 1 heterocycles. The zero-order chi connectivity index (χ0) is 21.9. The Balaban J connectivity index is 1.86. The van der Waals surface area contributed by atoms with Gasteiger partial charge in [0.05, 0.1) is 6.04 Å². The predicted octanol–water partition coefficient (Wildman–Crippen LogP) is 1.88. The minimum Gasteiger partial charge on any atom is -0.434 e. The van der Waals surface area contributed by atoms with Crippen LogP contribution in [0.2, 0.25) is 0 Å². The first-order valence-electron chi connectivity index (χ1n) is 9.32. The number of fused-ring (bicyclic) bond motifs is 1. The summed E-state index contributed by atoms with van der Waals surface area (Å²) >= 11 is 0. The van der Waals surface area contributed by atoms with Crippen LogP contribution in [-0.2, 0) is 21.1 Å². The second-order valence-corrected chi connectivity index (χ2v) is 9.22. The molecule has 30 heavy (non-hydrogen) atoms. The number of hydrogen-bond acceptors (Lipinski definition) is 7. The van der Waals surface area contributed by atoms with Crippen LogP contribution in [0.5, 0.6) is 0 Å². The lowest BCUT2D eigenvalue weighted by Crippen LogP contribution is -2.57. The van der Waals surface area contributed by atoms with Gasteiger partial charge in [-0.15, -0.1) is 0 Å². The van der Waals surface area contributed by atoms with Gasteiger partial charge in [-0.05, 0) is 24.1 Å². The van der Waals surface area contributed by atoms with Crippen LogP contribution in [0.15, 0.2) is 59.0 Å². The van der Waals surface area contributed by atoms with Gasteiger partial charge in [0.25, 0.3) is 11.8 Å². The molecule has 3 aromatic rings. The standard InChI is InChI=1S/C21H22N2O6S/c1-3-15(18(24)19-22-16-11-7-8-12-17(16)29-19)23-20(25)21(26,30(2,27)28)13-14-9-5-4-6-10-14/h4-12,15,26H,3,13H2,1-2H3,(H,23,25)/t15-,21+/m0/s1. The lowest BCUT2D eigenvalue weighted by molar-refractivity contribution is -0.132. The molecule has 0 saturated heterocycles. The number of para-hydroxylation sites is 2. The van der Waals surface area contributed by atoms with Crippen LogP contribution in [0.1, 0.15) is 29.6 Å². The van der Waals surface area contributed by atoms with Crippen molar-refractivity contribution < 1.29 is 27.5 Å². The number of carbonyl (C=O) groups excluding carboxylic acids is 2. The average molecular weight is 430 g/mol. The maximum absolute atomic E-state index is 12.8. The third-order valence-corrected chi connectivity index (χ3v) is 6.35. The summed E-state index contributed by atoms with van der Waals surface area (Å²) < 4.78 is 30.0. The van der Waals surface area contributed by atoms with Gasteiger partial charge in [-0.1, -0.05) is 49.4 Å². The summed E-state index contributed by atoms with van der Waals surface area (Å²) in [4.78, 5) is 27.1. The van der Waals surface area contributed by atoms with E-state index in [9.17, 15) is 23.1 Å². The molecule has 0 fully saturated rings. The molecule has 2 aromatic carbocycles. The molecule has 0 saturated carbocycles. The molecule has 0 aliphatic heterocycles. The number of nitrogens with zero attached hydrogens (tertiary/aromatic N) is 1. The zero-order valence-corrected chi connectivity index (χ0v) is 17.3. The molecular formula is C21H22N2O6S. The maximum atomic E-state index is 12.8. The molecule has 0 spiro atoms. The van der Waals surface area contributed by atoms with Crippen LogP contribution in [-0.4, -0.2) is 47.4 Å². The van der Waals surface area contributed by atoms with Crippen molar-refractivity contribution in [2.45, 2.75) is 30.7 Å². The number of sulfone groups is 1. The molecule has 1 amide bonds. The Labute approximate surface area is 173 Å². The molecule has 1 aromatic heterocycles. The van der Waals surface area contributed by atoms with Gasteiger partial charge in [-0.25, -0.2) is 13.4 Å². The van der Waals surface area contributed by atoms with E-state index in [4.69, 9.17) is 4.42 Å². The molecule has 9 heteroatoms. The van der Waals surface area contributed by atoms with Crippen LogP contribution < -0.4 is 5.32 Å². The maximum Gasteiger partial charge on any atom is 0.268 e. The summed E-state index contributed by atoms with van der Waals surface area (Å²) in [5.74, 6) is -1.99. The zero-order valence-electron chi connectivity index (χ0n) is 16.5. The summed E-state index contributed by atoms with van der Waals surface area (Å²) in [7, 11) is -4.23. The first kappa shape index (κ1) is 21.7. The number of aliphatic hydroxyl groups is 1. The van der Waals surface area contributed by atoms with Gasteiger partial charge in [-0.2, -0.15) is 0 Å². The normalized spacial score (nSPS) is 14.8. The van der Waals surface area contributed by atoms with Crippen LogP contribution in [0.3, 0.4) is 0 Å². The Morgan fingerprint density at radius 1 is 1.13 bits per heavy atom. The molecule has 0 aliphatic rings. The fourth-order valence-corrected chi connectivity index (χ4v) is 3.83. The summed E-state index contributed by atoms with van der Waals surface area (Å²) in [6.45, 7) is 1.64. The number of benzene rings is 2. The quantitative estimate of drug-likeness (QED) is 0.523. The van der Waals surface area contributed by atoms with Crippen LogP contribution in [0.4, 0.5) is 0 Å². The van der Waals surface area contributed by atoms with E-state index in [1.807, 2.05) is 0 Å². The van der Waals surface area contributed by atoms with Crippen molar-refractivity contribution in [3.05, 3.63) is 66.1 Å². The summed E-state index contributed by atoms with van der Waals surface area (Å²) in [5.41, 5.74) is 1.36. The lowest BCUT2D eigenvalue weighted by atomic mass is 10.1. The van der Waals surface area contributed by atoms with Crippen molar-refractivity contribution in [1.82, 2.24) is 10.3 Å². The molecule has 158 valence electrons. The Morgan fingerprint density at radius 3 is 2.37 bits per heavy atom. The van der Waals surface area contributed by atoms with E-state index in [0.717, 1.165) is 6.26 Å². The Morgan fingerprint density at radius 2 is 1.77 bits per heavy atom. The van der Waals surface area contributed by atoms with E-state index in [2.05, 4.69) is 10.3 Å². The third kappa shape index (κ3) is 4.27. The van der Waals surface area contributed by atoms with E-state index in [1.165, 1.54) is 0 Å². The van der Waals surface area contributed by atoms with Gasteiger partial charge in [0, 0.05) is 12.7 Å². The molecule has 3 rings (SSSR count). The number of ketones is 1. The second-order valence-electron chi connectivity index (χ2n) is 7.00. The second kappa shape index (κ2) is 8.37. The van der Waals surface area contributed by atoms with Gasteiger partial charge in [-0.3, -0.25) is 9.59 Å². The van der Waals surface area contributed by atoms with E-state index in [0.29, 0.717) is 16.7 Å². The fraction of sp³-hybridized carbons (Fsp3) is 0.286. The number of hydrogen-bond donors (Lipinski definition) is 2. The lowest BCUT2D eigenvalue weighted by Gasteiger charge is -2.27. The highest BCUT2D eigenvalue weighted by Gasteiger charge is 2.47. The SMILES string of the molecule is CC[C@H](NC(=O)[C@@](O)(Cc1ccccc1)S(C)(=O)=O)C(=O)c1nc2ccccc2o1. The third-order valence-electron chi connectivity index (χ3n) is 4.79. The fourth-order valence-electron chi connectivity index (χ4n) is 3.00. The topological polar surface area (TPSA) is 127 Å². The number of carbonyl (C=O) groups is 2. The molecule has 8 nitrogen and oxygen atoms in total. The summed E-state index contributed by atoms with van der Waals surface area (Å²) in [6, 6.07) is 14.0. The van der Waals surface area contributed by atoms with Gasteiger partial charge in [0.15, 0.2) is 15.4 Å². The van der Waals surface area contributed by atoms with Gasteiger partial charge < -0.3 is 14.8 Å². The van der Waals surface area contributed by atoms with E-state index >= 15 is 0 Å². The molecule has 0 unspecified atom stereocenters. The van der Waals surface area contributed by atoms with E-state index in [-0.39, 0.29) is 12.3 Å². The number of Topliss-reactive ketones (excluding diaryl/α,β-unsaturated/α-hetero) is 1. The number of nitrogens with one attached hydrogen (secondary N) is 1. The number of rotatable bonds is 8. The van der Waals surface area contributed by atoms with Crippen LogP contribution in [0, 0.1) is 0 Å². The highest BCUT2D eigenvalue weighted by atomic mass is 32.2. The molecule has 0 bridgehead atoms. The van der Waals surface area contributed by atoms with Crippen molar-refractivity contribution in [2.75, 3.05) is 6.26 Å². The number of oxazole rings is 1. The number of aromatic nitrogens is 1. The van der Waals surface area contributed by atoms with Crippen molar-refractivity contribution in [2.24, 2.45) is 0 Å². The van der Waals surface area contributed by atoms with Crippen molar-refractivity contribution in [3.8, 4) is 0 Å². The van der Waals surface area contributed by atoms with Gasteiger partial charge in [0.1, 0.15) is 5.52 Å². The van der Waals surface area contributed by atoms with Gasteiger partial charge in [0.2, 0.25) is 10.7 Å². The van der Waals surface area contributed by atoms with Crippen molar-refractivity contribution in [3.63, 3.8) is 0 Å². The monoisotopic (exact) mass is 430 g/mol. The molecule has 0 radical (unpaired) electrons. The first-order chi connectivity index (χ1) is 14.2. The Bertz CT molecular complexity index is 1140. The average Bonchev–Trinajstić information content (AvgIpc) is 3.15. The Hall–Kier alpha value is -3.04. The molecule has 2 atom stereocenters. The highest BCUT2D eigenvalue weighted by Crippen LogP contribution is 2.22. The molecule has 0 aliphatic carbocycles. The number of amides is 1. The minimum absolute atomic E-state index is 0.147. The minimum atomic E-state index is -4.23.